The summed E-state index contributed by atoms with van der Waals surface area (Å²) in [6.45, 7) is 5.19. The van der Waals surface area contributed by atoms with Crippen molar-refractivity contribution in [3.05, 3.63) is 11.6 Å². The molecule has 0 saturated carbocycles. The highest BCUT2D eigenvalue weighted by molar-refractivity contribution is 5.77. The van der Waals surface area contributed by atoms with Crippen molar-refractivity contribution in [1.29, 1.82) is 0 Å². The van der Waals surface area contributed by atoms with Crippen LogP contribution in [0.25, 0.3) is 0 Å². The maximum Gasteiger partial charge on any atom is 0.203 e. The zero-order chi connectivity index (χ0) is 17.2. The molecule has 0 bridgehead atoms. The quantitative estimate of drug-likeness (QED) is 0.101. The fourth-order valence-corrected chi connectivity index (χ4v) is 2.66. The molecule has 0 radical (unpaired) electrons. The van der Waals surface area contributed by atoms with Crippen molar-refractivity contribution in [2.24, 2.45) is 16.6 Å². The Balaban J connectivity index is 4.00. The number of rotatable bonds is 15. The predicted octanol–water partition coefficient (Wildman–Crippen LogP) is 4.80. The van der Waals surface area contributed by atoms with Gasteiger partial charge in [0, 0.05) is 0 Å². The molecule has 4 nitrogen and oxygen atoms in total. The zero-order valence-electron chi connectivity index (χ0n) is 15.6. The second-order valence-corrected chi connectivity index (χ2v) is 6.43. The first-order valence-corrected chi connectivity index (χ1v) is 9.69. The molecule has 0 aliphatic carbocycles. The Morgan fingerprint density at radius 1 is 0.870 bits per heavy atom. The van der Waals surface area contributed by atoms with E-state index in [0.29, 0.717) is 12.5 Å². The van der Waals surface area contributed by atoms with Crippen LogP contribution in [0.1, 0.15) is 97.3 Å². The number of hydrogen-bond acceptors (Lipinski definition) is 2. The summed E-state index contributed by atoms with van der Waals surface area (Å²) < 4.78 is 0. The van der Waals surface area contributed by atoms with Crippen LogP contribution in [0, 0.1) is 0 Å². The molecular weight excluding hydrogens is 284 g/mol. The predicted molar refractivity (Wildman–Crippen MR) is 103 cm³/mol. The van der Waals surface area contributed by atoms with Gasteiger partial charge in [-0.15, -0.1) is 0 Å². The number of nitrogens with zero attached hydrogens (tertiary/aromatic N) is 1. The topological polar surface area (TPSA) is 76.4 Å². The lowest BCUT2D eigenvalue weighted by Crippen LogP contribution is -2.37. The van der Waals surface area contributed by atoms with Crippen LogP contribution in [0.4, 0.5) is 0 Å². The molecule has 0 saturated heterocycles. The molecule has 0 unspecified atom stereocenters. The van der Waals surface area contributed by atoms with Crippen molar-refractivity contribution in [2.45, 2.75) is 97.3 Å². The van der Waals surface area contributed by atoms with Gasteiger partial charge in [0.25, 0.3) is 0 Å². The number of allylic oxidation sites excluding steroid dienone is 1. The highest BCUT2D eigenvalue weighted by Gasteiger charge is 1.99. The highest BCUT2D eigenvalue weighted by Crippen LogP contribution is 2.14. The maximum absolute atomic E-state index is 5.62. The Morgan fingerprint density at radius 3 is 2.04 bits per heavy atom. The smallest absolute Gasteiger partial charge is 0.203 e. The third kappa shape index (κ3) is 15.6. The summed E-state index contributed by atoms with van der Waals surface area (Å²) in [6, 6.07) is 0. The van der Waals surface area contributed by atoms with Gasteiger partial charge in [-0.3, -0.25) is 5.43 Å². The number of nitrogens with one attached hydrogen (secondary N) is 1. The number of hydrogen-bond donors (Lipinski definition) is 3. The SMILES string of the molecule is CCCCCCCCC/C=C(\CCCCCC)CN=C(N)NN. The van der Waals surface area contributed by atoms with Crippen LogP contribution in [-0.2, 0) is 0 Å². The van der Waals surface area contributed by atoms with Gasteiger partial charge in [0.05, 0.1) is 6.54 Å². The summed E-state index contributed by atoms with van der Waals surface area (Å²) in [5.74, 6) is 5.58. The van der Waals surface area contributed by atoms with Gasteiger partial charge < -0.3 is 5.73 Å². The molecule has 23 heavy (non-hydrogen) atoms. The fourth-order valence-electron chi connectivity index (χ4n) is 2.66. The van der Waals surface area contributed by atoms with Gasteiger partial charge in [-0.05, 0) is 25.7 Å². The monoisotopic (exact) mass is 324 g/mol. The van der Waals surface area contributed by atoms with Gasteiger partial charge in [-0.25, -0.2) is 10.8 Å². The van der Waals surface area contributed by atoms with E-state index < -0.39 is 0 Å². The molecule has 0 aromatic carbocycles. The molecule has 4 heteroatoms. The lowest BCUT2D eigenvalue weighted by molar-refractivity contribution is 0.591. The summed E-state index contributed by atoms with van der Waals surface area (Å²) in [4.78, 5) is 4.28. The minimum atomic E-state index is 0.320. The first kappa shape index (κ1) is 22.0. The van der Waals surface area contributed by atoms with E-state index in [9.17, 15) is 0 Å². The first-order chi connectivity index (χ1) is 11.2. The largest absolute Gasteiger partial charge is 0.369 e. The summed E-state index contributed by atoms with van der Waals surface area (Å²) >= 11 is 0. The molecule has 0 aromatic rings. The zero-order valence-corrected chi connectivity index (χ0v) is 15.6. The molecule has 0 rings (SSSR count). The Kier molecular flexibility index (Phi) is 16.5. The lowest BCUT2D eigenvalue weighted by Gasteiger charge is -2.07. The molecule has 136 valence electrons. The normalized spacial score (nSPS) is 12.7. The van der Waals surface area contributed by atoms with E-state index in [1.807, 2.05) is 0 Å². The van der Waals surface area contributed by atoms with Gasteiger partial charge in [-0.2, -0.15) is 0 Å². The summed E-state index contributed by atoms with van der Waals surface area (Å²) in [5.41, 5.74) is 9.42. The maximum atomic E-state index is 5.62. The van der Waals surface area contributed by atoms with Gasteiger partial charge in [0.15, 0.2) is 0 Å². The standard InChI is InChI=1S/C19H40N4/c1-3-5-7-9-10-11-12-14-16-18(15-13-8-6-4-2)17-22-19(20)23-21/h16H,3-15,17,21H2,1-2H3,(H3,20,22,23)/b18-16+. The van der Waals surface area contributed by atoms with E-state index in [-0.39, 0.29) is 0 Å². The van der Waals surface area contributed by atoms with E-state index >= 15 is 0 Å². The number of unbranched alkanes of at least 4 members (excludes halogenated alkanes) is 10. The van der Waals surface area contributed by atoms with E-state index in [0.717, 1.165) is 6.42 Å². The first-order valence-electron chi connectivity index (χ1n) is 9.69. The Bertz CT molecular complexity index is 310. The van der Waals surface area contributed by atoms with Crippen LogP contribution in [0.5, 0.6) is 0 Å². The second kappa shape index (κ2) is 17.3. The van der Waals surface area contributed by atoms with E-state index in [2.05, 4.69) is 30.3 Å². The summed E-state index contributed by atoms with van der Waals surface area (Å²) in [5, 5.41) is 0. The Hall–Kier alpha value is -1.03. The molecule has 0 spiro atoms. The molecule has 0 aromatic heterocycles. The van der Waals surface area contributed by atoms with E-state index in [1.165, 1.54) is 82.6 Å². The van der Waals surface area contributed by atoms with Crippen LogP contribution < -0.4 is 17.0 Å². The minimum Gasteiger partial charge on any atom is -0.369 e. The van der Waals surface area contributed by atoms with Crippen molar-refractivity contribution in [2.75, 3.05) is 6.54 Å². The molecule has 0 amide bonds. The van der Waals surface area contributed by atoms with Crippen molar-refractivity contribution in [3.63, 3.8) is 0 Å². The number of aliphatic imine (C=N–C) groups is 1. The van der Waals surface area contributed by atoms with Crippen molar-refractivity contribution < 1.29 is 0 Å². The van der Waals surface area contributed by atoms with Gasteiger partial charge in [0.1, 0.15) is 0 Å². The number of hydrazine groups is 1. The Morgan fingerprint density at radius 2 is 1.43 bits per heavy atom. The second-order valence-electron chi connectivity index (χ2n) is 6.43. The van der Waals surface area contributed by atoms with Crippen molar-refractivity contribution >= 4 is 5.96 Å². The third-order valence-electron chi connectivity index (χ3n) is 4.19. The average Bonchev–Trinajstić information content (AvgIpc) is 2.57. The van der Waals surface area contributed by atoms with Gasteiger partial charge in [0.2, 0.25) is 5.96 Å². The lowest BCUT2D eigenvalue weighted by atomic mass is 10.0. The van der Waals surface area contributed by atoms with Gasteiger partial charge >= 0.3 is 0 Å². The fraction of sp³-hybridized carbons (Fsp3) is 0.842. The molecule has 0 heterocycles. The van der Waals surface area contributed by atoms with Crippen molar-refractivity contribution in [1.82, 2.24) is 5.43 Å². The van der Waals surface area contributed by atoms with E-state index in [4.69, 9.17) is 11.6 Å². The van der Waals surface area contributed by atoms with Crippen LogP contribution in [0.15, 0.2) is 16.6 Å². The van der Waals surface area contributed by atoms with Crippen LogP contribution in [0.3, 0.4) is 0 Å². The van der Waals surface area contributed by atoms with Crippen molar-refractivity contribution in [3.8, 4) is 0 Å². The van der Waals surface area contributed by atoms with Crippen LogP contribution in [0.2, 0.25) is 0 Å². The number of nitrogens with two attached hydrogens (primary N) is 2. The third-order valence-corrected chi connectivity index (χ3v) is 4.19. The molecule has 5 N–H and O–H groups in total. The summed E-state index contributed by atoms with van der Waals surface area (Å²) in [6.07, 6.45) is 19.4. The molecule has 0 atom stereocenters. The molecule has 0 aliphatic rings. The van der Waals surface area contributed by atoms with Crippen LogP contribution >= 0.6 is 0 Å². The average molecular weight is 325 g/mol. The van der Waals surface area contributed by atoms with Crippen LogP contribution in [-0.4, -0.2) is 12.5 Å². The molecule has 0 aliphatic heterocycles. The number of guanidine groups is 1. The molecule has 0 fully saturated rings. The molecular formula is C19H40N4. The van der Waals surface area contributed by atoms with E-state index in [1.54, 1.807) is 0 Å². The Labute approximate surface area is 144 Å². The summed E-state index contributed by atoms with van der Waals surface area (Å²) in [7, 11) is 0. The minimum absolute atomic E-state index is 0.320. The van der Waals surface area contributed by atoms with Gasteiger partial charge in [-0.1, -0.05) is 83.3 Å². The highest BCUT2D eigenvalue weighted by atomic mass is 15.3.